The van der Waals surface area contributed by atoms with Gasteiger partial charge in [-0.3, -0.25) is 0 Å². The summed E-state index contributed by atoms with van der Waals surface area (Å²) in [7, 11) is 0. The Morgan fingerprint density at radius 1 is 0.229 bits per heavy atom. The molecule has 20 aromatic rings. The van der Waals surface area contributed by atoms with Crippen LogP contribution in [0.3, 0.4) is 0 Å². The van der Waals surface area contributed by atoms with E-state index in [0.29, 0.717) is 0 Å². The van der Waals surface area contributed by atoms with Gasteiger partial charge in [-0.25, -0.2) is 0 Å². The average Bonchev–Trinajstić information content (AvgIpc) is 1.39. The van der Waals surface area contributed by atoms with E-state index in [0.717, 1.165) is 95.3 Å². The van der Waals surface area contributed by atoms with Gasteiger partial charge in [0, 0.05) is 88.3 Å². The first-order valence-corrected chi connectivity index (χ1v) is 42.0. The van der Waals surface area contributed by atoms with Gasteiger partial charge < -0.3 is 23.3 Å². The van der Waals surface area contributed by atoms with Crippen molar-refractivity contribution in [3.8, 4) is 44.8 Å². The maximum Gasteiger partial charge on any atom is 0.252 e. The van der Waals surface area contributed by atoms with Crippen molar-refractivity contribution < 1.29 is 0 Å². The topological polar surface area (TPSA) is 20.8 Å². The van der Waals surface area contributed by atoms with Crippen molar-refractivity contribution in [2.75, 3.05) is 9.80 Å². The van der Waals surface area contributed by atoms with Gasteiger partial charge in [0.2, 0.25) is 0 Å². The zero-order chi connectivity index (χ0) is 80.2. The number of benzene rings is 16. The number of para-hydroxylation sites is 3. The van der Waals surface area contributed by atoms with Crippen molar-refractivity contribution in [1.29, 1.82) is 0 Å². The normalized spacial score (nSPS) is 13.2. The molecule has 118 heavy (non-hydrogen) atoms. The highest BCUT2D eigenvalue weighted by molar-refractivity contribution is 7.00. The highest BCUT2D eigenvalue weighted by Gasteiger charge is 2.47. The summed E-state index contributed by atoms with van der Waals surface area (Å²) in [5.41, 5.74) is 32.4. The lowest BCUT2D eigenvalue weighted by atomic mass is 9.33. The van der Waals surface area contributed by atoms with Crippen LogP contribution in [0.4, 0.5) is 34.1 Å². The van der Waals surface area contributed by atoms with E-state index in [9.17, 15) is 0 Å². The third-order valence-corrected chi connectivity index (χ3v) is 26.0. The van der Waals surface area contributed by atoms with E-state index in [1.165, 1.54) is 126 Å². The summed E-state index contributed by atoms with van der Waals surface area (Å²) in [5, 5.41) is 14.5. The Labute approximate surface area is 690 Å². The maximum atomic E-state index is 2.74. The van der Waals surface area contributed by atoms with Crippen LogP contribution in [0.25, 0.3) is 148 Å². The molecule has 0 spiro atoms. The number of hydrogen-bond acceptors (Lipinski definition) is 2. The van der Waals surface area contributed by atoms with Gasteiger partial charge in [-0.2, -0.15) is 0 Å². The van der Waals surface area contributed by atoms with Crippen LogP contribution in [0.15, 0.2) is 340 Å². The van der Waals surface area contributed by atoms with Gasteiger partial charge in [-0.1, -0.05) is 326 Å². The molecule has 0 saturated carbocycles. The number of hydrogen-bond donors (Lipinski definition) is 0. The smallest absolute Gasteiger partial charge is 0.252 e. The molecule has 0 aliphatic carbocycles. The zero-order valence-electron chi connectivity index (χ0n) is 69.1. The van der Waals surface area contributed by atoms with Crippen LogP contribution in [-0.2, 0) is 21.7 Å². The molecule has 0 saturated heterocycles. The minimum Gasteiger partial charge on any atom is -0.311 e. The van der Waals surface area contributed by atoms with E-state index >= 15 is 0 Å². The van der Waals surface area contributed by atoms with Crippen molar-refractivity contribution in [2.45, 2.75) is 105 Å². The fourth-order valence-electron chi connectivity index (χ4n) is 20.0. The molecule has 22 rings (SSSR count). The summed E-state index contributed by atoms with van der Waals surface area (Å²) in [6, 6.07) is 131. The molecule has 0 fully saturated rings. The third kappa shape index (κ3) is 10.9. The van der Waals surface area contributed by atoms with Gasteiger partial charge in [0.05, 0.1) is 50.0 Å². The van der Waals surface area contributed by atoms with Gasteiger partial charge in [-0.05, 0) is 201 Å². The summed E-state index contributed by atoms with van der Waals surface area (Å²) in [6.45, 7) is 27.8. The highest BCUT2D eigenvalue weighted by Crippen LogP contribution is 2.56. The lowest BCUT2D eigenvalue weighted by Gasteiger charge is -2.45. The van der Waals surface area contributed by atoms with Crippen LogP contribution >= 0.6 is 0 Å². The second-order valence-electron chi connectivity index (χ2n) is 37.2. The van der Waals surface area contributed by atoms with Crippen LogP contribution in [0, 0.1) is 0 Å². The number of anilines is 6. The zero-order valence-corrected chi connectivity index (χ0v) is 69.1. The van der Waals surface area contributed by atoms with Gasteiger partial charge in [0.1, 0.15) is 0 Å². The Morgan fingerprint density at radius 2 is 0.593 bits per heavy atom. The predicted octanol–water partition coefficient (Wildman–Crippen LogP) is 28.7. The van der Waals surface area contributed by atoms with Crippen LogP contribution in [-0.4, -0.2) is 20.2 Å². The van der Waals surface area contributed by atoms with E-state index in [1.54, 1.807) is 0 Å². The monoisotopic (exact) mass is 1520 g/mol. The molecule has 4 aromatic heterocycles. The fraction of sp³-hybridized carbons (Fsp3) is 0.143. The highest BCUT2D eigenvalue weighted by atomic mass is 15.2. The van der Waals surface area contributed by atoms with Gasteiger partial charge in [0.25, 0.3) is 6.71 Å². The number of rotatable bonds is 7. The van der Waals surface area contributed by atoms with E-state index in [2.05, 4.69) is 446 Å². The molecule has 0 unspecified atom stereocenters. The summed E-state index contributed by atoms with van der Waals surface area (Å²) < 4.78 is 7.82. The summed E-state index contributed by atoms with van der Waals surface area (Å²) >= 11 is 0. The molecular formula is C112H92BN5. The summed E-state index contributed by atoms with van der Waals surface area (Å²) in [6.07, 6.45) is 0. The van der Waals surface area contributed by atoms with Gasteiger partial charge in [0.15, 0.2) is 0 Å². The van der Waals surface area contributed by atoms with E-state index in [4.69, 9.17) is 0 Å². The molecule has 0 N–H and O–H groups in total. The summed E-state index contributed by atoms with van der Waals surface area (Å²) in [4.78, 5) is 5.45. The lowest BCUT2D eigenvalue weighted by Crippen LogP contribution is -2.61. The molecule has 568 valence electrons. The first kappa shape index (κ1) is 71.2. The minimum absolute atomic E-state index is 0.0733. The van der Waals surface area contributed by atoms with Crippen LogP contribution in [0.5, 0.6) is 0 Å². The minimum atomic E-state index is -0.313. The Kier molecular flexibility index (Phi) is 15.7. The van der Waals surface area contributed by atoms with Crippen molar-refractivity contribution in [3.05, 3.63) is 362 Å². The number of fused-ring (bicyclic) bond motifs is 21. The van der Waals surface area contributed by atoms with E-state index in [-0.39, 0.29) is 28.4 Å². The molecule has 0 amide bonds. The molecule has 0 bridgehead atoms. The largest absolute Gasteiger partial charge is 0.311 e. The standard InChI is InChI=1S/C112H92BN5/c1-109(2,3)73-48-58-96-89(62-73)90-63-74(110(4,5)6)49-59-97(90)114(96)78-54-56-93-100(66-78)116(77-52-46-70(47-53-77)69-30-16-13-17-31-69)108-104-88-44-29-43-87-85-39-25-23-37-83(85)82-36-22-24-38-84(82)86-40-26-27-45-95(86)117(107(87)88)102(104)68-103-105(108)113(93)94-57-55-79(115-98-60-50-75(111(7,8)9)64-91(98)92-65-76(112(10,11)12)51-61-99(92)115)67-101(94)118(103)106-80(71-32-18-14-19-33-71)41-28-42-81(106)72-34-20-15-21-35-72/h13-68H,1-12H3. The molecule has 6 heterocycles. The molecular weight excluding hydrogens is 1430 g/mol. The number of nitrogens with zero attached hydrogens (tertiary/aromatic N) is 5. The molecule has 2 aliphatic heterocycles. The third-order valence-electron chi connectivity index (χ3n) is 26.0. The van der Waals surface area contributed by atoms with Crippen LogP contribution in [0.2, 0.25) is 0 Å². The Morgan fingerprint density at radius 3 is 1.05 bits per heavy atom. The Bertz CT molecular complexity index is 7440. The quantitative estimate of drug-likeness (QED) is 0.148. The Hall–Kier alpha value is -13.4. The Balaban J connectivity index is 0.954. The van der Waals surface area contributed by atoms with Crippen LogP contribution < -0.4 is 26.2 Å². The molecule has 16 aromatic carbocycles. The van der Waals surface area contributed by atoms with Gasteiger partial charge >= 0.3 is 0 Å². The van der Waals surface area contributed by atoms with Crippen LogP contribution in [0.1, 0.15) is 105 Å². The van der Waals surface area contributed by atoms with Crippen molar-refractivity contribution in [2.24, 2.45) is 0 Å². The van der Waals surface area contributed by atoms with E-state index < -0.39 is 0 Å². The molecule has 5 nitrogen and oxygen atoms in total. The first-order chi connectivity index (χ1) is 57.1. The molecule has 0 radical (unpaired) electrons. The van der Waals surface area contributed by atoms with Crippen molar-refractivity contribution in [3.63, 3.8) is 0 Å². The van der Waals surface area contributed by atoms with Gasteiger partial charge in [-0.15, -0.1) is 0 Å². The maximum absolute atomic E-state index is 2.74. The number of aromatic nitrogens is 3. The molecule has 0 atom stereocenters. The first-order valence-electron chi connectivity index (χ1n) is 42.0. The average molecular weight is 1520 g/mol. The van der Waals surface area contributed by atoms with Crippen molar-refractivity contribution >= 4 is 160 Å². The molecule has 2 aliphatic rings. The second kappa shape index (κ2) is 26.0. The fourth-order valence-corrected chi connectivity index (χ4v) is 20.0. The second-order valence-corrected chi connectivity index (χ2v) is 37.2. The SMILES string of the molecule is CC(C)(C)c1ccc2c(c1)c1cc(C(C)(C)C)ccc1n2-c1ccc2c(c1)N(c1c(-c3ccccc3)cccc1-c1ccccc1)c1cc3c(c4c1B2c1ccc(-n2c5ccc(C(C)(C)C)cc5c5cc(C(C)(C)C)ccc52)cc1N4c1ccc(-c2ccccc2)cc1)c1cccc2c4ccccc4c4ccccc4c4ccccc4n3c21. The molecule has 6 heteroatoms. The summed E-state index contributed by atoms with van der Waals surface area (Å²) in [5.74, 6) is 0. The predicted molar refractivity (Wildman–Crippen MR) is 508 cm³/mol. The van der Waals surface area contributed by atoms with Crippen molar-refractivity contribution in [1.82, 2.24) is 13.5 Å². The van der Waals surface area contributed by atoms with E-state index in [1.807, 2.05) is 0 Å². The lowest BCUT2D eigenvalue weighted by molar-refractivity contribution is 0.590.